The summed E-state index contributed by atoms with van der Waals surface area (Å²) < 4.78 is 1.64. The van der Waals surface area contributed by atoms with E-state index >= 15 is 0 Å². The van der Waals surface area contributed by atoms with Crippen LogP contribution in [0.1, 0.15) is 5.82 Å². The molecule has 0 spiro atoms. The Bertz CT molecular complexity index is 766. The maximum Gasteiger partial charge on any atom is 0.328 e. The third kappa shape index (κ3) is 1.85. The number of imidazole rings is 1. The van der Waals surface area contributed by atoms with Crippen molar-refractivity contribution < 1.29 is 14.4 Å². The predicted octanol–water partition coefficient (Wildman–Crippen LogP) is 0.552. The van der Waals surface area contributed by atoms with E-state index in [-0.39, 0.29) is 5.57 Å². The van der Waals surface area contributed by atoms with Gasteiger partial charge in [0.2, 0.25) is 0 Å². The smallest absolute Gasteiger partial charge is 0.302 e. The second kappa shape index (κ2) is 4.30. The number of aryl methyl sites for hydroxylation is 1. The fourth-order valence-corrected chi connectivity index (χ4v) is 2.05. The van der Waals surface area contributed by atoms with Crippen LogP contribution in [0, 0.1) is 6.92 Å². The van der Waals surface area contributed by atoms with E-state index in [1.807, 2.05) is 34.9 Å². The van der Waals surface area contributed by atoms with Crippen molar-refractivity contribution >= 4 is 35.1 Å². The highest BCUT2D eigenvalue weighted by atomic mass is 16.2. The minimum atomic E-state index is -0.815. The number of nitrogens with zero attached hydrogens (tertiary/aromatic N) is 2. The average Bonchev–Trinajstić information content (AvgIpc) is 2.69. The lowest BCUT2D eigenvalue weighted by Gasteiger charge is -2.14. The van der Waals surface area contributed by atoms with Gasteiger partial charge in [0, 0.05) is 6.20 Å². The molecule has 1 aliphatic rings. The van der Waals surface area contributed by atoms with Crippen LogP contribution in [0.25, 0.3) is 17.2 Å². The van der Waals surface area contributed by atoms with Gasteiger partial charge in [0.15, 0.2) is 0 Å². The number of nitrogens with one attached hydrogen (secondary N) is 2. The molecule has 0 atom stereocenters. The van der Waals surface area contributed by atoms with Gasteiger partial charge in [-0.15, -0.1) is 0 Å². The van der Waals surface area contributed by atoms with Gasteiger partial charge < -0.3 is 4.57 Å². The Labute approximate surface area is 113 Å². The summed E-state index contributed by atoms with van der Waals surface area (Å²) in [4.78, 5) is 38.7. The SMILES string of the molecule is Cc1nc2ccccc2n1C=C1C(=O)NC(=O)NC1=O. The molecule has 7 heteroatoms. The lowest BCUT2D eigenvalue weighted by atomic mass is 10.2. The first kappa shape index (κ1) is 12.1. The van der Waals surface area contributed by atoms with Crippen molar-refractivity contribution in [3.8, 4) is 0 Å². The summed E-state index contributed by atoms with van der Waals surface area (Å²) >= 11 is 0. The maximum absolute atomic E-state index is 11.7. The number of urea groups is 1. The quantitative estimate of drug-likeness (QED) is 0.584. The Hall–Kier alpha value is -2.96. The number of barbiturate groups is 1. The zero-order chi connectivity index (χ0) is 14.3. The van der Waals surface area contributed by atoms with E-state index in [0.29, 0.717) is 5.82 Å². The molecule has 0 bridgehead atoms. The van der Waals surface area contributed by atoms with Crippen molar-refractivity contribution in [1.82, 2.24) is 20.2 Å². The normalized spacial score (nSPS) is 15.2. The molecule has 0 radical (unpaired) electrons. The van der Waals surface area contributed by atoms with E-state index in [2.05, 4.69) is 4.98 Å². The molecule has 1 aliphatic heterocycles. The Balaban J connectivity index is 2.14. The number of amides is 4. The summed E-state index contributed by atoms with van der Waals surface area (Å²) in [6.07, 6.45) is 1.38. The summed E-state index contributed by atoms with van der Waals surface area (Å²) in [6, 6.07) is 6.54. The van der Waals surface area contributed by atoms with Crippen LogP contribution in [0.3, 0.4) is 0 Å². The highest BCUT2D eigenvalue weighted by molar-refractivity contribution is 6.30. The van der Waals surface area contributed by atoms with Crippen molar-refractivity contribution in [2.75, 3.05) is 0 Å². The molecule has 2 aromatic rings. The number of hydrogen-bond donors (Lipinski definition) is 2. The number of benzene rings is 1. The van der Waals surface area contributed by atoms with Gasteiger partial charge in [-0.05, 0) is 19.1 Å². The Morgan fingerprint density at radius 2 is 1.75 bits per heavy atom. The molecule has 2 heterocycles. The number of imide groups is 2. The van der Waals surface area contributed by atoms with Gasteiger partial charge in [0.05, 0.1) is 11.0 Å². The van der Waals surface area contributed by atoms with Crippen LogP contribution in [0.4, 0.5) is 4.79 Å². The molecule has 1 aromatic carbocycles. The van der Waals surface area contributed by atoms with E-state index < -0.39 is 17.8 Å². The fraction of sp³-hybridized carbons (Fsp3) is 0.0769. The van der Waals surface area contributed by atoms with E-state index in [0.717, 1.165) is 11.0 Å². The molecule has 1 saturated heterocycles. The van der Waals surface area contributed by atoms with Crippen molar-refractivity contribution in [3.63, 3.8) is 0 Å². The number of rotatable bonds is 1. The van der Waals surface area contributed by atoms with Crippen LogP contribution in [0.15, 0.2) is 29.8 Å². The van der Waals surface area contributed by atoms with Gasteiger partial charge >= 0.3 is 6.03 Å². The largest absolute Gasteiger partial charge is 0.328 e. The Kier molecular flexibility index (Phi) is 2.60. The minimum absolute atomic E-state index is 0.143. The van der Waals surface area contributed by atoms with E-state index in [1.165, 1.54) is 6.20 Å². The summed E-state index contributed by atoms with van der Waals surface area (Å²) in [5.74, 6) is -0.817. The molecule has 7 nitrogen and oxygen atoms in total. The van der Waals surface area contributed by atoms with Gasteiger partial charge in [-0.1, -0.05) is 12.1 Å². The van der Waals surface area contributed by atoms with Crippen LogP contribution in [-0.4, -0.2) is 27.4 Å². The molecule has 20 heavy (non-hydrogen) atoms. The van der Waals surface area contributed by atoms with Crippen LogP contribution >= 0.6 is 0 Å². The Morgan fingerprint density at radius 1 is 1.10 bits per heavy atom. The third-order valence-corrected chi connectivity index (χ3v) is 2.97. The zero-order valence-electron chi connectivity index (χ0n) is 10.5. The number of carbonyl (C=O) groups is 3. The minimum Gasteiger partial charge on any atom is -0.302 e. The number of carbonyl (C=O) groups excluding carboxylic acids is 3. The summed E-state index contributed by atoms with van der Waals surface area (Å²) in [7, 11) is 0. The van der Waals surface area contributed by atoms with Crippen molar-refractivity contribution in [1.29, 1.82) is 0 Å². The molecule has 1 aromatic heterocycles. The molecule has 0 saturated carbocycles. The fourth-order valence-electron chi connectivity index (χ4n) is 2.05. The molecule has 2 N–H and O–H groups in total. The predicted molar refractivity (Wildman–Crippen MR) is 70.4 cm³/mol. The average molecular weight is 270 g/mol. The lowest BCUT2D eigenvalue weighted by molar-refractivity contribution is -0.123. The van der Waals surface area contributed by atoms with Gasteiger partial charge in [-0.25, -0.2) is 9.78 Å². The topological polar surface area (TPSA) is 93.1 Å². The number of fused-ring (bicyclic) bond motifs is 1. The molecule has 0 unspecified atom stereocenters. The first-order valence-corrected chi connectivity index (χ1v) is 5.88. The van der Waals surface area contributed by atoms with Crippen LogP contribution < -0.4 is 10.6 Å². The van der Waals surface area contributed by atoms with E-state index in [9.17, 15) is 14.4 Å². The van der Waals surface area contributed by atoms with Gasteiger partial charge in [0.25, 0.3) is 11.8 Å². The zero-order valence-corrected chi connectivity index (χ0v) is 10.5. The van der Waals surface area contributed by atoms with Crippen molar-refractivity contribution in [2.45, 2.75) is 6.92 Å². The molecule has 3 rings (SSSR count). The van der Waals surface area contributed by atoms with E-state index in [4.69, 9.17) is 0 Å². The van der Waals surface area contributed by atoms with Gasteiger partial charge in [0.1, 0.15) is 11.4 Å². The number of hydrogen-bond acceptors (Lipinski definition) is 4. The molecule has 4 amide bonds. The standard InChI is InChI=1S/C13H10N4O3/c1-7-14-9-4-2-3-5-10(9)17(7)6-8-11(18)15-13(20)16-12(8)19/h2-6H,1H3,(H2,15,16,18,19,20). The maximum atomic E-state index is 11.7. The number of para-hydroxylation sites is 2. The van der Waals surface area contributed by atoms with Gasteiger partial charge in [-0.3, -0.25) is 20.2 Å². The highest BCUT2D eigenvalue weighted by Gasteiger charge is 2.28. The first-order chi connectivity index (χ1) is 9.56. The highest BCUT2D eigenvalue weighted by Crippen LogP contribution is 2.17. The third-order valence-electron chi connectivity index (χ3n) is 2.97. The number of aromatic nitrogens is 2. The van der Waals surface area contributed by atoms with Crippen LogP contribution in [0.2, 0.25) is 0 Å². The second-order valence-corrected chi connectivity index (χ2v) is 4.30. The molecule has 1 fully saturated rings. The first-order valence-electron chi connectivity index (χ1n) is 5.88. The monoisotopic (exact) mass is 270 g/mol. The summed E-state index contributed by atoms with van der Waals surface area (Å²) in [6.45, 7) is 1.76. The van der Waals surface area contributed by atoms with Crippen molar-refractivity contribution in [3.05, 3.63) is 35.7 Å². The van der Waals surface area contributed by atoms with Crippen LogP contribution in [-0.2, 0) is 9.59 Å². The lowest BCUT2D eigenvalue weighted by Crippen LogP contribution is -2.51. The second-order valence-electron chi connectivity index (χ2n) is 4.30. The summed E-state index contributed by atoms with van der Waals surface area (Å²) in [5, 5.41) is 4.06. The molecular formula is C13H10N4O3. The Morgan fingerprint density at radius 3 is 2.45 bits per heavy atom. The van der Waals surface area contributed by atoms with Gasteiger partial charge in [-0.2, -0.15) is 0 Å². The van der Waals surface area contributed by atoms with Crippen LogP contribution in [0.5, 0.6) is 0 Å². The molecule has 100 valence electrons. The van der Waals surface area contributed by atoms with Crippen molar-refractivity contribution in [2.24, 2.45) is 0 Å². The molecular weight excluding hydrogens is 260 g/mol. The van der Waals surface area contributed by atoms with E-state index in [1.54, 1.807) is 11.5 Å². The molecule has 0 aliphatic carbocycles. The summed E-state index contributed by atoms with van der Waals surface area (Å²) in [5.41, 5.74) is 1.39.